The maximum Gasteiger partial charge on any atom is 0.267 e. The van der Waals surface area contributed by atoms with Crippen molar-refractivity contribution in [2.75, 3.05) is 14.2 Å². The Hall–Kier alpha value is -1.14. The molecule has 0 aliphatic carbocycles. The van der Waals surface area contributed by atoms with Gasteiger partial charge >= 0.3 is 0 Å². The van der Waals surface area contributed by atoms with Gasteiger partial charge in [0, 0.05) is 19.5 Å². The molecule has 1 rings (SSSR count). The number of ether oxygens (including phenoxy) is 1. The third-order valence-electron chi connectivity index (χ3n) is 2.52. The quantitative estimate of drug-likeness (QED) is 0.832. The van der Waals surface area contributed by atoms with Crippen LogP contribution in [-0.4, -0.2) is 36.0 Å². The second-order valence-corrected chi connectivity index (χ2v) is 5.19. The molecular weight excluding hydrogens is 256 g/mol. The van der Waals surface area contributed by atoms with E-state index in [0.717, 1.165) is 0 Å². The number of carbonyl (C=O) groups is 1. The molecule has 4 nitrogen and oxygen atoms in total. The molecule has 2 N–H and O–H groups in total. The first kappa shape index (κ1) is 13.9. The Morgan fingerprint density at radius 3 is 2.88 bits per heavy atom. The minimum absolute atomic E-state index is 0.0215. The number of carbonyl (C=O) groups excluding carboxylic acids is 1. The zero-order valence-corrected chi connectivity index (χ0v) is 11.7. The predicted octanol–water partition coefficient (Wildman–Crippen LogP) is 1.89. The highest BCUT2D eigenvalue weighted by molar-refractivity contribution is 7.80. The van der Waals surface area contributed by atoms with Gasteiger partial charge in [0.1, 0.15) is 10.6 Å². The van der Waals surface area contributed by atoms with Crippen molar-refractivity contribution in [3.63, 3.8) is 0 Å². The van der Waals surface area contributed by atoms with Crippen molar-refractivity contribution >= 4 is 34.5 Å². The van der Waals surface area contributed by atoms with Gasteiger partial charge in [0.05, 0.1) is 12.1 Å². The van der Waals surface area contributed by atoms with Crippen molar-refractivity contribution in [1.29, 1.82) is 0 Å². The third kappa shape index (κ3) is 3.41. The van der Waals surface area contributed by atoms with Crippen LogP contribution >= 0.6 is 23.6 Å². The summed E-state index contributed by atoms with van der Waals surface area (Å²) in [6.07, 6.45) is 0.519. The molecule has 0 bridgehead atoms. The van der Waals surface area contributed by atoms with Gasteiger partial charge in [-0.3, -0.25) is 4.79 Å². The maximum atomic E-state index is 12.2. The van der Waals surface area contributed by atoms with Gasteiger partial charge in [-0.05, 0) is 18.4 Å². The van der Waals surface area contributed by atoms with E-state index >= 15 is 0 Å². The topological polar surface area (TPSA) is 55.6 Å². The van der Waals surface area contributed by atoms with Crippen molar-refractivity contribution in [1.82, 2.24) is 4.90 Å². The average Bonchev–Trinajstić information content (AvgIpc) is 2.73. The summed E-state index contributed by atoms with van der Waals surface area (Å²) in [5.41, 5.74) is 5.48. The molecule has 1 unspecified atom stereocenters. The molecule has 1 aromatic heterocycles. The summed E-state index contributed by atoms with van der Waals surface area (Å²) in [4.78, 5) is 14.8. The lowest BCUT2D eigenvalue weighted by atomic mass is 10.2. The lowest BCUT2D eigenvalue weighted by Gasteiger charge is -2.24. The number of amides is 1. The Morgan fingerprint density at radius 2 is 2.35 bits per heavy atom. The fourth-order valence-corrected chi connectivity index (χ4v) is 2.48. The van der Waals surface area contributed by atoms with Crippen molar-refractivity contribution in [2.24, 2.45) is 5.73 Å². The molecule has 0 fully saturated rings. The zero-order valence-electron chi connectivity index (χ0n) is 10.1. The van der Waals surface area contributed by atoms with E-state index in [1.807, 2.05) is 12.3 Å². The van der Waals surface area contributed by atoms with Crippen LogP contribution in [0, 0.1) is 0 Å². The first-order valence-electron chi connectivity index (χ1n) is 5.14. The lowest BCUT2D eigenvalue weighted by molar-refractivity contribution is 0.0750. The van der Waals surface area contributed by atoms with E-state index in [2.05, 4.69) is 0 Å². The summed E-state index contributed by atoms with van der Waals surface area (Å²) in [5, 5.41) is 1.83. The van der Waals surface area contributed by atoms with E-state index in [9.17, 15) is 4.79 Å². The molecule has 94 valence electrons. The summed E-state index contributed by atoms with van der Waals surface area (Å²) < 4.78 is 5.13. The molecule has 0 spiro atoms. The second-order valence-electron chi connectivity index (χ2n) is 3.75. The molecule has 0 radical (unpaired) electrons. The van der Waals surface area contributed by atoms with Gasteiger partial charge in [-0.15, -0.1) is 11.3 Å². The number of nitrogens with two attached hydrogens (primary N) is 1. The molecule has 17 heavy (non-hydrogen) atoms. The van der Waals surface area contributed by atoms with Crippen molar-refractivity contribution < 1.29 is 9.53 Å². The molecule has 0 saturated carbocycles. The van der Waals surface area contributed by atoms with E-state index in [1.165, 1.54) is 11.3 Å². The first-order chi connectivity index (χ1) is 7.97. The normalized spacial score (nSPS) is 11.9. The minimum Gasteiger partial charge on any atom is -0.495 e. The Bertz CT molecular complexity index is 417. The van der Waals surface area contributed by atoms with Crippen LogP contribution in [-0.2, 0) is 0 Å². The van der Waals surface area contributed by atoms with Gasteiger partial charge in [-0.25, -0.2) is 0 Å². The van der Waals surface area contributed by atoms with Crippen LogP contribution in [0.1, 0.15) is 23.0 Å². The average molecular weight is 272 g/mol. The molecule has 0 saturated heterocycles. The van der Waals surface area contributed by atoms with Gasteiger partial charge in [0.2, 0.25) is 0 Å². The van der Waals surface area contributed by atoms with Gasteiger partial charge in [0.25, 0.3) is 5.91 Å². The minimum atomic E-state index is -0.0689. The van der Waals surface area contributed by atoms with Crippen molar-refractivity contribution in [2.45, 2.75) is 19.4 Å². The SMILES string of the molecule is COc1ccsc1C(=O)N(C)C(C)CC(N)=S. The maximum absolute atomic E-state index is 12.2. The molecule has 0 aliphatic rings. The summed E-state index contributed by atoms with van der Waals surface area (Å²) in [7, 11) is 3.29. The summed E-state index contributed by atoms with van der Waals surface area (Å²) >= 11 is 6.21. The number of thiophene rings is 1. The van der Waals surface area contributed by atoms with Crippen LogP contribution in [0.5, 0.6) is 5.75 Å². The predicted molar refractivity (Wildman–Crippen MR) is 73.8 cm³/mol. The Kier molecular flexibility index (Phi) is 4.89. The summed E-state index contributed by atoms with van der Waals surface area (Å²) in [5.74, 6) is 0.537. The van der Waals surface area contributed by atoms with E-state index in [0.29, 0.717) is 22.0 Å². The molecular formula is C11H16N2O2S2. The second kappa shape index (κ2) is 5.97. The number of nitrogens with zero attached hydrogens (tertiary/aromatic N) is 1. The number of hydrogen-bond acceptors (Lipinski definition) is 4. The molecule has 1 aromatic rings. The van der Waals surface area contributed by atoms with E-state index in [1.54, 1.807) is 25.1 Å². The van der Waals surface area contributed by atoms with Gasteiger partial charge < -0.3 is 15.4 Å². The fourth-order valence-electron chi connectivity index (χ4n) is 1.40. The molecule has 1 heterocycles. The third-order valence-corrected chi connectivity index (χ3v) is 3.57. The summed E-state index contributed by atoms with van der Waals surface area (Å²) in [6, 6.07) is 1.76. The monoisotopic (exact) mass is 272 g/mol. The first-order valence-corrected chi connectivity index (χ1v) is 6.43. The molecule has 0 aromatic carbocycles. The van der Waals surface area contributed by atoms with Crippen LogP contribution in [0.15, 0.2) is 11.4 Å². The Labute approximate surface area is 110 Å². The van der Waals surface area contributed by atoms with E-state index in [4.69, 9.17) is 22.7 Å². The van der Waals surface area contributed by atoms with Crippen LogP contribution < -0.4 is 10.5 Å². The van der Waals surface area contributed by atoms with Gasteiger partial charge in [0.15, 0.2) is 0 Å². The van der Waals surface area contributed by atoms with Gasteiger partial charge in [-0.1, -0.05) is 12.2 Å². The highest BCUT2D eigenvalue weighted by atomic mass is 32.1. The van der Waals surface area contributed by atoms with Crippen LogP contribution in [0.4, 0.5) is 0 Å². The van der Waals surface area contributed by atoms with E-state index in [-0.39, 0.29) is 11.9 Å². The molecule has 1 amide bonds. The fraction of sp³-hybridized carbons (Fsp3) is 0.455. The molecule has 1 atom stereocenters. The smallest absolute Gasteiger partial charge is 0.267 e. The number of methoxy groups -OCH3 is 1. The standard InChI is InChI=1S/C11H16N2O2S2/c1-7(6-9(12)16)13(2)11(14)10-8(15-3)4-5-17-10/h4-5,7H,6H2,1-3H3,(H2,12,16). The lowest BCUT2D eigenvalue weighted by Crippen LogP contribution is -2.37. The van der Waals surface area contributed by atoms with Crippen molar-refractivity contribution in [3.05, 3.63) is 16.3 Å². The van der Waals surface area contributed by atoms with Crippen molar-refractivity contribution in [3.8, 4) is 5.75 Å². The summed E-state index contributed by atoms with van der Waals surface area (Å²) in [6.45, 7) is 1.91. The molecule has 6 heteroatoms. The zero-order chi connectivity index (χ0) is 13.0. The highest BCUT2D eigenvalue weighted by Gasteiger charge is 2.22. The number of thiocarbonyl (C=S) groups is 1. The van der Waals surface area contributed by atoms with Crippen LogP contribution in [0.2, 0.25) is 0 Å². The highest BCUT2D eigenvalue weighted by Crippen LogP contribution is 2.26. The molecule has 0 aliphatic heterocycles. The number of rotatable bonds is 5. The number of hydrogen-bond donors (Lipinski definition) is 1. The van der Waals surface area contributed by atoms with Crippen LogP contribution in [0.3, 0.4) is 0 Å². The largest absolute Gasteiger partial charge is 0.495 e. The Balaban J connectivity index is 2.79. The van der Waals surface area contributed by atoms with Crippen LogP contribution in [0.25, 0.3) is 0 Å². The van der Waals surface area contributed by atoms with E-state index < -0.39 is 0 Å². The Morgan fingerprint density at radius 1 is 1.71 bits per heavy atom. The van der Waals surface area contributed by atoms with Gasteiger partial charge in [-0.2, -0.15) is 0 Å².